The number of nitrogens with zero attached hydrogens (tertiary/aromatic N) is 3. The summed E-state index contributed by atoms with van der Waals surface area (Å²) in [5.41, 5.74) is 0.542. The monoisotopic (exact) mass is 302 g/mol. The third-order valence-electron chi connectivity index (χ3n) is 3.14. The van der Waals surface area contributed by atoms with E-state index < -0.39 is 0 Å². The summed E-state index contributed by atoms with van der Waals surface area (Å²) in [6.07, 6.45) is 1.71. The van der Waals surface area contributed by atoms with Crippen molar-refractivity contribution in [2.75, 3.05) is 12.3 Å². The number of carbonyl (C=O) groups is 1. The largest absolute Gasteiger partial charge is 0.305 e. The SMILES string of the molecule is O=C(CCn1cnc2ccccc2c1=O)NC1=NCCS1. The highest BCUT2D eigenvalue weighted by atomic mass is 32.2. The molecule has 2 heterocycles. The molecule has 21 heavy (non-hydrogen) atoms. The third-order valence-corrected chi connectivity index (χ3v) is 4.03. The second-order valence-corrected chi connectivity index (χ2v) is 5.68. The Labute approximate surface area is 125 Å². The maximum Gasteiger partial charge on any atom is 0.261 e. The molecule has 1 aliphatic heterocycles. The fourth-order valence-corrected chi connectivity index (χ4v) is 2.82. The molecule has 0 saturated carbocycles. The van der Waals surface area contributed by atoms with E-state index in [1.807, 2.05) is 6.07 Å². The van der Waals surface area contributed by atoms with E-state index in [4.69, 9.17) is 0 Å². The minimum Gasteiger partial charge on any atom is -0.305 e. The zero-order chi connectivity index (χ0) is 14.7. The number of aliphatic imine (C=N–C) groups is 1. The minimum absolute atomic E-state index is 0.124. The molecule has 1 aromatic carbocycles. The number of aromatic nitrogens is 2. The summed E-state index contributed by atoms with van der Waals surface area (Å²) in [6, 6.07) is 7.18. The Balaban J connectivity index is 1.69. The molecule has 3 rings (SSSR count). The number of aryl methyl sites for hydroxylation is 1. The molecule has 7 heteroatoms. The van der Waals surface area contributed by atoms with E-state index in [0.717, 1.165) is 12.3 Å². The zero-order valence-corrected chi connectivity index (χ0v) is 12.1. The fourth-order valence-electron chi connectivity index (χ4n) is 2.08. The van der Waals surface area contributed by atoms with Crippen molar-refractivity contribution in [3.05, 3.63) is 40.9 Å². The second kappa shape index (κ2) is 6.09. The quantitative estimate of drug-likeness (QED) is 0.918. The number of para-hydroxylation sites is 1. The lowest BCUT2D eigenvalue weighted by Gasteiger charge is -2.07. The predicted octanol–water partition coefficient (Wildman–Crippen LogP) is 1.01. The summed E-state index contributed by atoms with van der Waals surface area (Å²) in [6.45, 7) is 1.05. The Kier molecular flexibility index (Phi) is 4.01. The van der Waals surface area contributed by atoms with Crippen molar-refractivity contribution in [2.24, 2.45) is 4.99 Å². The molecular weight excluding hydrogens is 288 g/mol. The van der Waals surface area contributed by atoms with Crippen LogP contribution in [-0.4, -0.2) is 32.9 Å². The van der Waals surface area contributed by atoms with Crippen molar-refractivity contribution < 1.29 is 4.79 Å². The van der Waals surface area contributed by atoms with Crippen LogP contribution in [0.4, 0.5) is 0 Å². The Morgan fingerprint density at radius 2 is 2.24 bits per heavy atom. The summed E-state index contributed by atoms with van der Waals surface area (Å²) in [7, 11) is 0. The van der Waals surface area contributed by atoms with Gasteiger partial charge >= 0.3 is 0 Å². The number of fused-ring (bicyclic) bond motifs is 1. The molecule has 1 aliphatic rings. The topological polar surface area (TPSA) is 76.3 Å². The van der Waals surface area contributed by atoms with Gasteiger partial charge in [0.2, 0.25) is 5.91 Å². The molecule has 0 atom stereocenters. The number of amides is 1. The minimum atomic E-state index is -0.136. The lowest BCUT2D eigenvalue weighted by atomic mass is 10.2. The van der Waals surface area contributed by atoms with Crippen molar-refractivity contribution >= 4 is 33.7 Å². The van der Waals surface area contributed by atoms with Crippen LogP contribution in [0.3, 0.4) is 0 Å². The Bertz CT molecular complexity index is 769. The average Bonchev–Trinajstić information content (AvgIpc) is 3.00. The Morgan fingerprint density at radius 1 is 1.38 bits per heavy atom. The zero-order valence-electron chi connectivity index (χ0n) is 11.3. The summed E-state index contributed by atoms with van der Waals surface area (Å²) in [5.74, 6) is 0.770. The van der Waals surface area contributed by atoms with Crippen LogP contribution in [0.15, 0.2) is 40.4 Å². The van der Waals surface area contributed by atoms with Crippen LogP contribution in [-0.2, 0) is 11.3 Å². The van der Waals surface area contributed by atoms with Gasteiger partial charge in [0.05, 0.1) is 23.8 Å². The van der Waals surface area contributed by atoms with Gasteiger partial charge in [-0.05, 0) is 12.1 Å². The van der Waals surface area contributed by atoms with Gasteiger partial charge in [-0.25, -0.2) is 4.98 Å². The summed E-state index contributed by atoms with van der Waals surface area (Å²) >= 11 is 1.53. The van der Waals surface area contributed by atoms with E-state index in [0.29, 0.717) is 22.6 Å². The lowest BCUT2D eigenvalue weighted by molar-refractivity contribution is -0.119. The van der Waals surface area contributed by atoms with Gasteiger partial charge in [-0.15, -0.1) is 0 Å². The van der Waals surface area contributed by atoms with E-state index in [2.05, 4.69) is 15.3 Å². The molecule has 0 bridgehead atoms. The van der Waals surface area contributed by atoms with Crippen LogP contribution in [0.5, 0.6) is 0 Å². The van der Waals surface area contributed by atoms with Crippen molar-refractivity contribution in [2.45, 2.75) is 13.0 Å². The van der Waals surface area contributed by atoms with Crippen molar-refractivity contribution in [1.82, 2.24) is 14.9 Å². The number of hydrogen-bond donors (Lipinski definition) is 1. The number of thioether (sulfide) groups is 1. The molecule has 0 aliphatic carbocycles. The molecule has 0 fully saturated rings. The number of carbonyl (C=O) groups excluding carboxylic acids is 1. The van der Waals surface area contributed by atoms with Crippen LogP contribution in [0.1, 0.15) is 6.42 Å². The van der Waals surface area contributed by atoms with Crippen LogP contribution in [0.2, 0.25) is 0 Å². The van der Waals surface area contributed by atoms with Gasteiger partial charge in [0, 0.05) is 18.7 Å². The molecule has 108 valence electrons. The molecule has 1 N–H and O–H groups in total. The van der Waals surface area contributed by atoms with Crippen molar-refractivity contribution in [3.63, 3.8) is 0 Å². The van der Waals surface area contributed by atoms with Gasteiger partial charge in [-0.3, -0.25) is 19.1 Å². The maximum atomic E-state index is 12.2. The Hall–Kier alpha value is -2.15. The number of rotatable bonds is 3. The van der Waals surface area contributed by atoms with Crippen LogP contribution in [0, 0.1) is 0 Å². The molecular formula is C14H14N4O2S. The molecule has 1 amide bonds. The van der Waals surface area contributed by atoms with E-state index in [1.54, 1.807) is 18.2 Å². The fraction of sp³-hybridized carbons (Fsp3) is 0.286. The van der Waals surface area contributed by atoms with Crippen LogP contribution < -0.4 is 10.9 Å². The average molecular weight is 302 g/mol. The number of benzene rings is 1. The van der Waals surface area contributed by atoms with E-state index in [1.165, 1.54) is 22.7 Å². The molecule has 0 saturated heterocycles. The molecule has 0 radical (unpaired) electrons. The first-order valence-corrected chi connectivity index (χ1v) is 7.64. The van der Waals surface area contributed by atoms with Gasteiger partial charge in [0.15, 0.2) is 5.17 Å². The molecule has 0 unspecified atom stereocenters. The van der Waals surface area contributed by atoms with E-state index in [-0.39, 0.29) is 17.9 Å². The highest BCUT2D eigenvalue weighted by Gasteiger charge is 2.11. The normalized spacial score (nSPS) is 14.2. The smallest absolute Gasteiger partial charge is 0.261 e. The third kappa shape index (κ3) is 3.13. The predicted molar refractivity (Wildman–Crippen MR) is 83.5 cm³/mol. The summed E-state index contributed by atoms with van der Waals surface area (Å²) in [4.78, 5) is 32.4. The van der Waals surface area contributed by atoms with Gasteiger partial charge in [-0.1, -0.05) is 23.9 Å². The van der Waals surface area contributed by atoms with Gasteiger partial charge < -0.3 is 5.32 Å². The summed E-state index contributed by atoms with van der Waals surface area (Å²) < 4.78 is 1.46. The second-order valence-electron chi connectivity index (χ2n) is 4.59. The van der Waals surface area contributed by atoms with Crippen molar-refractivity contribution in [3.8, 4) is 0 Å². The molecule has 1 aromatic heterocycles. The van der Waals surface area contributed by atoms with Gasteiger partial charge in [0.1, 0.15) is 0 Å². The van der Waals surface area contributed by atoms with Gasteiger partial charge in [-0.2, -0.15) is 0 Å². The number of hydrogen-bond acceptors (Lipinski definition) is 5. The highest BCUT2D eigenvalue weighted by Crippen LogP contribution is 2.09. The highest BCUT2D eigenvalue weighted by molar-refractivity contribution is 8.14. The van der Waals surface area contributed by atoms with E-state index in [9.17, 15) is 9.59 Å². The van der Waals surface area contributed by atoms with Crippen LogP contribution >= 0.6 is 11.8 Å². The van der Waals surface area contributed by atoms with E-state index >= 15 is 0 Å². The van der Waals surface area contributed by atoms with Gasteiger partial charge in [0.25, 0.3) is 5.56 Å². The first-order chi connectivity index (χ1) is 10.2. The maximum absolute atomic E-state index is 12.2. The molecule has 6 nitrogen and oxygen atoms in total. The number of amidine groups is 1. The molecule has 0 spiro atoms. The first kappa shape index (κ1) is 13.8. The molecule has 2 aromatic rings. The first-order valence-electron chi connectivity index (χ1n) is 6.65. The standard InChI is InChI=1S/C14H14N4O2S/c19-12(17-14-15-6-8-21-14)5-7-18-9-16-11-4-2-1-3-10(11)13(18)20/h1-4,9H,5-8H2,(H,15,17,19). The Morgan fingerprint density at radius 3 is 3.05 bits per heavy atom. The number of nitrogens with one attached hydrogen (secondary N) is 1. The lowest BCUT2D eigenvalue weighted by Crippen LogP contribution is -2.30. The summed E-state index contributed by atoms with van der Waals surface area (Å²) in [5, 5.41) is 3.98. The van der Waals surface area contributed by atoms with Crippen molar-refractivity contribution in [1.29, 1.82) is 0 Å². The van der Waals surface area contributed by atoms with Crippen LogP contribution in [0.25, 0.3) is 10.9 Å².